The molecule has 2 rings (SSSR count). The summed E-state index contributed by atoms with van der Waals surface area (Å²) in [5, 5.41) is 0. The first-order chi connectivity index (χ1) is 5.95. The van der Waals surface area contributed by atoms with E-state index in [1.165, 1.54) is 0 Å². The van der Waals surface area contributed by atoms with Crippen molar-refractivity contribution in [1.82, 2.24) is 0 Å². The quantitative estimate of drug-likeness (QED) is 0.678. The highest BCUT2D eigenvalue weighted by Crippen LogP contribution is 2.14. The molecule has 0 unspecified atom stereocenters. The summed E-state index contributed by atoms with van der Waals surface area (Å²) in [6.45, 7) is 1.58. The van der Waals surface area contributed by atoms with Gasteiger partial charge in [-0.3, -0.25) is 0 Å². The van der Waals surface area contributed by atoms with Crippen LogP contribution in [-0.4, -0.2) is 19.3 Å². The average Bonchev–Trinajstić information content (AvgIpc) is 2.04. The molecule has 12 heavy (non-hydrogen) atoms. The third kappa shape index (κ3) is 1.77. The van der Waals surface area contributed by atoms with E-state index in [0.717, 1.165) is 18.8 Å². The van der Waals surface area contributed by atoms with Crippen molar-refractivity contribution in [3.8, 4) is 5.75 Å². The van der Waals surface area contributed by atoms with Crippen molar-refractivity contribution in [3.05, 3.63) is 30.3 Å². The molecule has 64 valence electrons. The number of para-hydroxylation sites is 1. The lowest BCUT2D eigenvalue weighted by molar-refractivity contribution is -0.0720. The molecule has 0 bridgehead atoms. The summed E-state index contributed by atoms with van der Waals surface area (Å²) in [5.41, 5.74) is 0. The maximum Gasteiger partial charge on any atom is 0.119 e. The van der Waals surface area contributed by atoms with Crippen molar-refractivity contribution in [1.29, 1.82) is 0 Å². The number of rotatable bonds is 3. The number of ether oxygens (including phenoxy) is 2. The van der Waals surface area contributed by atoms with E-state index < -0.39 is 0 Å². The minimum Gasteiger partial charge on any atom is -0.491 e. The Kier molecular flexibility index (Phi) is 2.28. The van der Waals surface area contributed by atoms with E-state index in [0.29, 0.717) is 12.7 Å². The van der Waals surface area contributed by atoms with Crippen LogP contribution >= 0.6 is 0 Å². The van der Waals surface area contributed by atoms with Crippen LogP contribution in [0.4, 0.5) is 0 Å². The molecule has 1 aromatic carbocycles. The zero-order valence-electron chi connectivity index (χ0n) is 6.90. The van der Waals surface area contributed by atoms with E-state index in [-0.39, 0.29) is 0 Å². The highest BCUT2D eigenvalue weighted by atomic mass is 16.5. The standard InChI is InChI=1S/C10H12O2/c1-2-4-9(5-3-1)12-8-10-6-7-11-10/h1-5,10H,6-8H2/t10-/m1/s1. The number of hydrogen-bond acceptors (Lipinski definition) is 2. The molecule has 1 aliphatic heterocycles. The van der Waals surface area contributed by atoms with Crippen LogP contribution in [0.1, 0.15) is 6.42 Å². The first-order valence-electron chi connectivity index (χ1n) is 4.24. The number of benzene rings is 1. The summed E-state index contributed by atoms with van der Waals surface area (Å²) in [4.78, 5) is 0. The lowest BCUT2D eigenvalue weighted by atomic mass is 10.2. The molecule has 1 aliphatic rings. The highest BCUT2D eigenvalue weighted by molar-refractivity contribution is 5.20. The predicted molar refractivity (Wildman–Crippen MR) is 46.3 cm³/mol. The fourth-order valence-corrected chi connectivity index (χ4v) is 1.12. The average molecular weight is 164 g/mol. The molecular formula is C10H12O2. The molecule has 2 heteroatoms. The Hall–Kier alpha value is -1.02. The molecule has 0 spiro atoms. The summed E-state index contributed by atoms with van der Waals surface area (Å²) < 4.78 is 10.7. The predicted octanol–water partition coefficient (Wildman–Crippen LogP) is 1.85. The van der Waals surface area contributed by atoms with Crippen LogP contribution in [0.3, 0.4) is 0 Å². The van der Waals surface area contributed by atoms with Gasteiger partial charge in [0.2, 0.25) is 0 Å². The molecule has 0 aromatic heterocycles. The van der Waals surface area contributed by atoms with Gasteiger partial charge in [0, 0.05) is 13.0 Å². The minimum atomic E-state index is 0.324. The highest BCUT2D eigenvalue weighted by Gasteiger charge is 2.18. The van der Waals surface area contributed by atoms with Crippen molar-refractivity contribution in [2.24, 2.45) is 0 Å². The van der Waals surface area contributed by atoms with Gasteiger partial charge in [0.05, 0.1) is 6.10 Å². The molecule has 1 aromatic rings. The Bertz CT molecular complexity index is 229. The second-order valence-electron chi connectivity index (χ2n) is 2.91. The van der Waals surface area contributed by atoms with Crippen LogP contribution in [0.5, 0.6) is 5.75 Å². The summed E-state index contributed by atoms with van der Waals surface area (Å²) in [5.74, 6) is 0.924. The molecule has 0 radical (unpaired) electrons. The maximum absolute atomic E-state index is 5.48. The molecule has 0 aliphatic carbocycles. The van der Waals surface area contributed by atoms with Crippen LogP contribution in [0.25, 0.3) is 0 Å². The normalized spacial score (nSPS) is 21.5. The summed E-state index contributed by atoms with van der Waals surface area (Å²) >= 11 is 0. The third-order valence-corrected chi connectivity index (χ3v) is 1.97. The monoisotopic (exact) mass is 164 g/mol. The molecule has 0 saturated carbocycles. The maximum atomic E-state index is 5.48. The Balaban J connectivity index is 1.79. The van der Waals surface area contributed by atoms with Crippen molar-refractivity contribution < 1.29 is 9.47 Å². The topological polar surface area (TPSA) is 18.5 Å². The van der Waals surface area contributed by atoms with E-state index >= 15 is 0 Å². The lowest BCUT2D eigenvalue weighted by Crippen LogP contribution is -2.32. The zero-order chi connectivity index (χ0) is 8.23. The molecular weight excluding hydrogens is 152 g/mol. The van der Waals surface area contributed by atoms with Gasteiger partial charge in [-0.25, -0.2) is 0 Å². The fraction of sp³-hybridized carbons (Fsp3) is 0.400. The summed E-state index contributed by atoms with van der Waals surface area (Å²) in [6, 6.07) is 9.83. The van der Waals surface area contributed by atoms with Crippen LogP contribution in [0, 0.1) is 0 Å². The van der Waals surface area contributed by atoms with Gasteiger partial charge in [-0.1, -0.05) is 18.2 Å². The summed E-state index contributed by atoms with van der Waals surface area (Å²) in [6.07, 6.45) is 1.46. The zero-order valence-corrected chi connectivity index (χ0v) is 6.90. The van der Waals surface area contributed by atoms with Gasteiger partial charge in [0.25, 0.3) is 0 Å². The van der Waals surface area contributed by atoms with Gasteiger partial charge in [-0.05, 0) is 12.1 Å². The van der Waals surface area contributed by atoms with Gasteiger partial charge in [0.1, 0.15) is 12.4 Å². The van der Waals surface area contributed by atoms with Gasteiger partial charge in [-0.15, -0.1) is 0 Å². The second-order valence-corrected chi connectivity index (χ2v) is 2.91. The molecule has 0 N–H and O–H groups in total. The molecule has 1 atom stereocenters. The van der Waals surface area contributed by atoms with Crippen molar-refractivity contribution in [3.63, 3.8) is 0 Å². The SMILES string of the molecule is c1ccc(OC[C@H]2CCO2)cc1. The van der Waals surface area contributed by atoms with Gasteiger partial charge in [-0.2, -0.15) is 0 Å². The van der Waals surface area contributed by atoms with Gasteiger partial charge >= 0.3 is 0 Å². The van der Waals surface area contributed by atoms with Crippen molar-refractivity contribution >= 4 is 0 Å². The largest absolute Gasteiger partial charge is 0.491 e. The minimum absolute atomic E-state index is 0.324. The summed E-state index contributed by atoms with van der Waals surface area (Å²) in [7, 11) is 0. The molecule has 1 fully saturated rings. The molecule has 1 heterocycles. The molecule has 2 nitrogen and oxygen atoms in total. The Morgan fingerprint density at radius 2 is 2.08 bits per heavy atom. The van der Waals surface area contributed by atoms with E-state index in [9.17, 15) is 0 Å². The molecule has 0 amide bonds. The second kappa shape index (κ2) is 3.59. The van der Waals surface area contributed by atoms with Crippen LogP contribution < -0.4 is 4.74 Å². The molecule has 1 saturated heterocycles. The van der Waals surface area contributed by atoms with E-state index in [4.69, 9.17) is 9.47 Å². The smallest absolute Gasteiger partial charge is 0.119 e. The Morgan fingerprint density at radius 3 is 2.67 bits per heavy atom. The first-order valence-corrected chi connectivity index (χ1v) is 4.24. The van der Waals surface area contributed by atoms with Gasteiger partial charge in [0.15, 0.2) is 0 Å². The fourth-order valence-electron chi connectivity index (χ4n) is 1.12. The van der Waals surface area contributed by atoms with Crippen molar-refractivity contribution in [2.75, 3.05) is 13.2 Å². The lowest BCUT2D eigenvalue weighted by Gasteiger charge is -2.26. The van der Waals surface area contributed by atoms with Crippen LogP contribution in [0.2, 0.25) is 0 Å². The first kappa shape index (κ1) is 7.62. The van der Waals surface area contributed by atoms with E-state index in [1.807, 2.05) is 30.3 Å². The Labute approximate surface area is 72.1 Å². The van der Waals surface area contributed by atoms with E-state index in [2.05, 4.69) is 0 Å². The van der Waals surface area contributed by atoms with Crippen LogP contribution in [-0.2, 0) is 4.74 Å². The van der Waals surface area contributed by atoms with E-state index in [1.54, 1.807) is 0 Å². The van der Waals surface area contributed by atoms with Crippen LogP contribution in [0.15, 0.2) is 30.3 Å². The Morgan fingerprint density at radius 1 is 1.33 bits per heavy atom. The van der Waals surface area contributed by atoms with Crippen molar-refractivity contribution in [2.45, 2.75) is 12.5 Å². The third-order valence-electron chi connectivity index (χ3n) is 1.97. The number of hydrogen-bond donors (Lipinski definition) is 0. The van der Waals surface area contributed by atoms with Gasteiger partial charge < -0.3 is 9.47 Å².